The maximum absolute atomic E-state index is 4.73. The summed E-state index contributed by atoms with van der Waals surface area (Å²) in [5.74, 6) is 0. The molecule has 108 valence electrons. The number of nitrogens with one attached hydrogen (secondary N) is 1. The lowest BCUT2D eigenvalue weighted by molar-refractivity contribution is 0.555. The Kier molecular flexibility index (Phi) is 4.61. The van der Waals surface area contributed by atoms with Gasteiger partial charge in [-0.1, -0.05) is 45.0 Å². The van der Waals surface area contributed by atoms with Crippen LogP contribution in [-0.4, -0.2) is 4.98 Å². The van der Waals surface area contributed by atoms with Gasteiger partial charge in [0, 0.05) is 23.4 Å². The van der Waals surface area contributed by atoms with E-state index >= 15 is 0 Å². The third-order valence-corrected chi connectivity index (χ3v) is 4.75. The van der Waals surface area contributed by atoms with Crippen LogP contribution in [-0.2, 0) is 12.0 Å². The van der Waals surface area contributed by atoms with Crippen molar-refractivity contribution in [3.05, 3.63) is 51.5 Å². The minimum Gasteiger partial charge on any atom is -0.305 e. The highest BCUT2D eigenvalue weighted by Crippen LogP contribution is 2.26. The molecule has 2 aromatic rings. The topological polar surface area (TPSA) is 24.9 Å². The SMILES string of the molecule is Cc1ccccc1C(C)NCc1csc(C(C)(C)C)n1. The molecule has 1 unspecified atom stereocenters. The zero-order valence-electron chi connectivity index (χ0n) is 13.0. The Balaban J connectivity index is 1.99. The molecule has 0 saturated heterocycles. The van der Waals surface area contributed by atoms with Gasteiger partial charge >= 0.3 is 0 Å². The maximum Gasteiger partial charge on any atom is 0.0982 e. The van der Waals surface area contributed by atoms with Crippen molar-refractivity contribution in [3.8, 4) is 0 Å². The minimum absolute atomic E-state index is 0.143. The molecule has 0 radical (unpaired) electrons. The van der Waals surface area contributed by atoms with Gasteiger partial charge < -0.3 is 5.32 Å². The molecule has 2 rings (SSSR count). The van der Waals surface area contributed by atoms with E-state index in [1.54, 1.807) is 11.3 Å². The fraction of sp³-hybridized carbons (Fsp3) is 0.471. The van der Waals surface area contributed by atoms with Crippen molar-refractivity contribution < 1.29 is 0 Å². The Morgan fingerprint density at radius 3 is 2.55 bits per heavy atom. The van der Waals surface area contributed by atoms with E-state index in [4.69, 9.17) is 4.98 Å². The fourth-order valence-corrected chi connectivity index (χ4v) is 3.08. The molecule has 20 heavy (non-hydrogen) atoms. The van der Waals surface area contributed by atoms with Gasteiger partial charge in [0.05, 0.1) is 10.7 Å². The van der Waals surface area contributed by atoms with Crippen LogP contribution in [0.15, 0.2) is 29.6 Å². The van der Waals surface area contributed by atoms with Gasteiger partial charge in [0.1, 0.15) is 0 Å². The van der Waals surface area contributed by atoms with E-state index in [1.807, 2.05) is 0 Å². The molecule has 1 heterocycles. The number of aryl methyl sites for hydroxylation is 1. The van der Waals surface area contributed by atoms with Crippen LogP contribution < -0.4 is 5.32 Å². The molecule has 1 aromatic heterocycles. The first kappa shape index (κ1) is 15.2. The third kappa shape index (κ3) is 3.68. The van der Waals surface area contributed by atoms with E-state index < -0.39 is 0 Å². The Bertz CT molecular complexity index is 566. The van der Waals surface area contributed by atoms with Crippen LogP contribution >= 0.6 is 11.3 Å². The minimum atomic E-state index is 0.143. The number of rotatable bonds is 4. The summed E-state index contributed by atoms with van der Waals surface area (Å²) in [6, 6.07) is 8.88. The van der Waals surface area contributed by atoms with Crippen molar-refractivity contribution >= 4 is 11.3 Å². The van der Waals surface area contributed by atoms with Gasteiger partial charge in [0.2, 0.25) is 0 Å². The van der Waals surface area contributed by atoms with Crippen molar-refractivity contribution in [2.24, 2.45) is 0 Å². The smallest absolute Gasteiger partial charge is 0.0982 e. The third-order valence-electron chi connectivity index (χ3n) is 3.44. The molecule has 1 N–H and O–H groups in total. The highest BCUT2D eigenvalue weighted by Gasteiger charge is 2.18. The Morgan fingerprint density at radius 1 is 1.25 bits per heavy atom. The van der Waals surface area contributed by atoms with Gasteiger partial charge in [-0.3, -0.25) is 0 Å². The van der Waals surface area contributed by atoms with Crippen LogP contribution in [0, 0.1) is 6.92 Å². The quantitative estimate of drug-likeness (QED) is 0.889. The van der Waals surface area contributed by atoms with E-state index in [0.29, 0.717) is 6.04 Å². The molecule has 0 spiro atoms. The molecule has 0 saturated carbocycles. The second-order valence-corrected chi connectivity index (χ2v) is 7.21. The molecular formula is C17H24N2S. The maximum atomic E-state index is 4.73. The number of hydrogen-bond acceptors (Lipinski definition) is 3. The van der Waals surface area contributed by atoms with E-state index in [1.165, 1.54) is 16.1 Å². The largest absolute Gasteiger partial charge is 0.305 e. The lowest BCUT2D eigenvalue weighted by atomic mass is 9.98. The number of hydrogen-bond donors (Lipinski definition) is 1. The second kappa shape index (κ2) is 6.06. The first-order valence-electron chi connectivity index (χ1n) is 7.11. The van der Waals surface area contributed by atoms with E-state index in [0.717, 1.165) is 12.2 Å². The molecule has 2 nitrogen and oxygen atoms in total. The van der Waals surface area contributed by atoms with Gasteiger partial charge in [-0.2, -0.15) is 0 Å². The predicted octanol–water partition coefficient (Wildman–Crippen LogP) is 4.60. The summed E-state index contributed by atoms with van der Waals surface area (Å²) >= 11 is 1.76. The Labute approximate surface area is 126 Å². The molecule has 1 aromatic carbocycles. The van der Waals surface area contributed by atoms with Gasteiger partial charge in [-0.15, -0.1) is 11.3 Å². The number of thiazole rings is 1. The van der Waals surface area contributed by atoms with E-state index in [9.17, 15) is 0 Å². The second-order valence-electron chi connectivity index (χ2n) is 6.35. The normalized spacial score (nSPS) is 13.4. The van der Waals surface area contributed by atoms with Crippen molar-refractivity contribution in [1.82, 2.24) is 10.3 Å². The van der Waals surface area contributed by atoms with Crippen molar-refractivity contribution in [3.63, 3.8) is 0 Å². The predicted molar refractivity (Wildman–Crippen MR) is 87.2 cm³/mol. The molecule has 0 aliphatic rings. The van der Waals surface area contributed by atoms with Crippen LogP contribution in [0.4, 0.5) is 0 Å². The fourth-order valence-electron chi connectivity index (χ4n) is 2.17. The van der Waals surface area contributed by atoms with Crippen LogP contribution in [0.3, 0.4) is 0 Å². The summed E-state index contributed by atoms with van der Waals surface area (Å²) in [5.41, 5.74) is 3.98. The van der Waals surface area contributed by atoms with Crippen molar-refractivity contribution in [2.75, 3.05) is 0 Å². The summed E-state index contributed by atoms with van der Waals surface area (Å²) in [6.07, 6.45) is 0. The van der Waals surface area contributed by atoms with Gasteiger partial charge in [-0.05, 0) is 25.0 Å². The highest BCUT2D eigenvalue weighted by atomic mass is 32.1. The summed E-state index contributed by atoms with van der Waals surface area (Å²) in [6.45, 7) is 11.8. The summed E-state index contributed by atoms with van der Waals surface area (Å²) in [7, 11) is 0. The van der Waals surface area contributed by atoms with Crippen molar-refractivity contribution in [1.29, 1.82) is 0 Å². The number of nitrogens with zero attached hydrogens (tertiary/aromatic N) is 1. The van der Waals surface area contributed by atoms with Crippen LogP contribution in [0.5, 0.6) is 0 Å². The van der Waals surface area contributed by atoms with Crippen LogP contribution in [0.2, 0.25) is 0 Å². The van der Waals surface area contributed by atoms with Crippen LogP contribution in [0.1, 0.15) is 55.6 Å². The monoisotopic (exact) mass is 288 g/mol. The molecule has 0 fully saturated rings. The standard InChI is InChI=1S/C17H24N2S/c1-12-8-6-7-9-15(12)13(2)18-10-14-11-20-16(19-14)17(3,4)5/h6-9,11,13,18H,10H2,1-5H3. The van der Waals surface area contributed by atoms with E-state index in [2.05, 4.69) is 69.6 Å². The number of aromatic nitrogens is 1. The Morgan fingerprint density at radius 2 is 1.95 bits per heavy atom. The average molecular weight is 288 g/mol. The van der Waals surface area contributed by atoms with E-state index in [-0.39, 0.29) is 5.41 Å². The number of benzene rings is 1. The Hall–Kier alpha value is -1.19. The highest BCUT2D eigenvalue weighted by molar-refractivity contribution is 7.09. The average Bonchev–Trinajstić information content (AvgIpc) is 2.85. The molecule has 0 bridgehead atoms. The lowest BCUT2D eigenvalue weighted by Gasteiger charge is -2.16. The summed E-state index contributed by atoms with van der Waals surface area (Å²) in [4.78, 5) is 4.73. The first-order chi connectivity index (χ1) is 9.38. The van der Waals surface area contributed by atoms with Crippen LogP contribution in [0.25, 0.3) is 0 Å². The van der Waals surface area contributed by atoms with Gasteiger partial charge in [-0.25, -0.2) is 4.98 Å². The summed E-state index contributed by atoms with van der Waals surface area (Å²) < 4.78 is 0. The molecule has 1 atom stereocenters. The van der Waals surface area contributed by atoms with Gasteiger partial charge in [0.25, 0.3) is 0 Å². The molecule has 3 heteroatoms. The summed E-state index contributed by atoms with van der Waals surface area (Å²) in [5, 5.41) is 6.94. The molecule has 0 aliphatic carbocycles. The van der Waals surface area contributed by atoms with Crippen molar-refractivity contribution in [2.45, 2.75) is 52.6 Å². The lowest BCUT2D eigenvalue weighted by Crippen LogP contribution is -2.19. The molecular weight excluding hydrogens is 264 g/mol. The first-order valence-corrected chi connectivity index (χ1v) is 7.99. The molecule has 0 aliphatic heterocycles. The van der Waals surface area contributed by atoms with Gasteiger partial charge in [0.15, 0.2) is 0 Å². The zero-order chi connectivity index (χ0) is 14.8. The zero-order valence-corrected chi connectivity index (χ0v) is 13.8. The molecule has 0 amide bonds.